The standard InChI is InChI=1S/C16H23NO2/c1-14(18)19-13-16-10-6-12-17(16)11-5-9-15-7-3-2-4-8-15/h2-4,7-8,16H,5-6,9-13H2,1H3/t16-/m0/s1/i11D2. The van der Waals surface area contributed by atoms with E-state index in [1.54, 1.807) is 0 Å². The quantitative estimate of drug-likeness (QED) is 0.739. The maximum atomic E-state index is 10.9. The summed E-state index contributed by atoms with van der Waals surface area (Å²) in [6.07, 6.45) is 3.01. The van der Waals surface area contributed by atoms with Crippen LogP contribution in [-0.2, 0) is 16.0 Å². The summed E-state index contributed by atoms with van der Waals surface area (Å²) >= 11 is 0. The van der Waals surface area contributed by atoms with Crippen molar-refractivity contribution in [2.45, 2.75) is 38.6 Å². The molecule has 0 unspecified atom stereocenters. The van der Waals surface area contributed by atoms with E-state index >= 15 is 0 Å². The number of ether oxygens (including phenoxy) is 1. The summed E-state index contributed by atoms with van der Waals surface area (Å²) in [5.41, 5.74) is 1.15. The molecule has 2 rings (SSSR count). The fourth-order valence-corrected chi connectivity index (χ4v) is 2.42. The van der Waals surface area contributed by atoms with Crippen LogP contribution < -0.4 is 0 Å². The Bertz CT molecular complexity index is 465. The van der Waals surface area contributed by atoms with E-state index in [1.165, 1.54) is 6.92 Å². The zero-order chi connectivity index (χ0) is 15.3. The number of aryl methyl sites for hydroxylation is 1. The van der Waals surface area contributed by atoms with Crippen LogP contribution in [0.3, 0.4) is 0 Å². The van der Waals surface area contributed by atoms with Gasteiger partial charge in [-0.1, -0.05) is 30.3 Å². The van der Waals surface area contributed by atoms with Gasteiger partial charge in [0.15, 0.2) is 0 Å². The second-order valence-corrected chi connectivity index (χ2v) is 4.94. The van der Waals surface area contributed by atoms with Crippen molar-refractivity contribution < 1.29 is 12.3 Å². The van der Waals surface area contributed by atoms with E-state index in [4.69, 9.17) is 7.48 Å². The van der Waals surface area contributed by atoms with Crippen LogP contribution in [0.5, 0.6) is 0 Å². The van der Waals surface area contributed by atoms with Crippen molar-refractivity contribution in [3.63, 3.8) is 0 Å². The average molecular weight is 263 g/mol. The van der Waals surface area contributed by atoms with Gasteiger partial charge in [-0.15, -0.1) is 0 Å². The molecule has 104 valence electrons. The van der Waals surface area contributed by atoms with Crippen molar-refractivity contribution in [2.75, 3.05) is 19.6 Å². The lowest BCUT2D eigenvalue weighted by Crippen LogP contribution is -2.34. The van der Waals surface area contributed by atoms with Gasteiger partial charge in [-0.2, -0.15) is 0 Å². The molecule has 0 spiro atoms. The van der Waals surface area contributed by atoms with Gasteiger partial charge in [0.2, 0.25) is 0 Å². The zero-order valence-electron chi connectivity index (χ0n) is 13.5. The number of likely N-dealkylation sites (tertiary alicyclic amines) is 1. The third-order valence-corrected chi connectivity index (χ3v) is 3.43. The summed E-state index contributed by atoms with van der Waals surface area (Å²) in [6, 6.07) is 9.97. The number of benzene rings is 1. The number of hydrogen-bond acceptors (Lipinski definition) is 3. The molecule has 1 aliphatic rings. The van der Waals surface area contributed by atoms with Gasteiger partial charge in [0.25, 0.3) is 0 Å². The molecule has 1 aliphatic heterocycles. The van der Waals surface area contributed by atoms with E-state index in [9.17, 15) is 4.79 Å². The predicted octanol–water partition coefficient (Wildman–Crippen LogP) is 2.65. The van der Waals surface area contributed by atoms with Crippen LogP contribution in [-0.4, -0.2) is 36.6 Å². The number of esters is 1. The first-order valence-corrected chi connectivity index (χ1v) is 6.93. The molecule has 0 bridgehead atoms. The van der Waals surface area contributed by atoms with Crippen molar-refractivity contribution in [1.29, 1.82) is 0 Å². The molecule has 1 aromatic rings. The highest BCUT2D eigenvalue weighted by Gasteiger charge is 2.24. The van der Waals surface area contributed by atoms with Gasteiger partial charge in [-0.25, -0.2) is 0 Å². The predicted molar refractivity (Wildman–Crippen MR) is 76.0 cm³/mol. The molecule has 0 radical (unpaired) electrons. The van der Waals surface area contributed by atoms with E-state index in [1.807, 2.05) is 35.2 Å². The molecule has 0 saturated carbocycles. The molecule has 1 heterocycles. The smallest absolute Gasteiger partial charge is 0.302 e. The lowest BCUT2D eigenvalue weighted by Gasteiger charge is -2.23. The monoisotopic (exact) mass is 263 g/mol. The highest BCUT2D eigenvalue weighted by atomic mass is 16.5. The molecule has 1 atom stereocenters. The maximum Gasteiger partial charge on any atom is 0.302 e. The topological polar surface area (TPSA) is 29.5 Å². The van der Waals surface area contributed by atoms with Crippen LogP contribution in [0.15, 0.2) is 30.3 Å². The lowest BCUT2D eigenvalue weighted by molar-refractivity contribution is -0.142. The van der Waals surface area contributed by atoms with Gasteiger partial charge in [-0.05, 0) is 44.3 Å². The Hall–Kier alpha value is -1.35. The second kappa shape index (κ2) is 7.29. The highest BCUT2D eigenvalue weighted by Crippen LogP contribution is 2.18. The molecule has 0 amide bonds. The number of nitrogens with zero attached hydrogens (tertiary/aromatic N) is 1. The third-order valence-electron chi connectivity index (χ3n) is 3.43. The molecule has 19 heavy (non-hydrogen) atoms. The average Bonchev–Trinajstić information content (AvgIpc) is 2.93. The van der Waals surface area contributed by atoms with Gasteiger partial charge in [-0.3, -0.25) is 9.69 Å². The molecule has 3 nitrogen and oxygen atoms in total. The normalized spacial score (nSPS) is 21.8. The van der Waals surface area contributed by atoms with Crippen LogP contribution in [0.1, 0.15) is 34.5 Å². The summed E-state index contributed by atoms with van der Waals surface area (Å²) in [6.45, 7) is 1.05. The molecule has 0 aliphatic carbocycles. The molecular weight excluding hydrogens is 238 g/mol. The van der Waals surface area contributed by atoms with Crippen LogP contribution in [0.25, 0.3) is 0 Å². The number of carbonyl (C=O) groups is 1. The summed E-state index contributed by atoms with van der Waals surface area (Å²) in [7, 11) is 0. The summed E-state index contributed by atoms with van der Waals surface area (Å²) in [5.74, 6) is -0.299. The van der Waals surface area contributed by atoms with Gasteiger partial charge in [0.05, 0.1) is 0 Å². The number of hydrogen-bond donors (Lipinski definition) is 0. The second-order valence-electron chi connectivity index (χ2n) is 4.94. The van der Waals surface area contributed by atoms with Gasteiger partial charge >= 0.3 is 5.97 Å². The summed E-state index contributed by atoms with van der Waals surface area (Å²) in [5, 5.41) is 0. The molecule has 1 saturated heterocycles. The SMILES string of the molecule is [2H]C([2H])(CCc1ccccc1)N1CCC[C@H]1COC(C)=O. The molecule has 1 fully saturated rings. The largest absolute Gasteiger partial charge is 0.464 e. The molecular formula is C16H23NO2. The van der Waals surface area contributed by atoms with Crippen molar-refractivity contribution in [3.8, 4) is 0 Å². The van der Waals surface area contributed by atoms with Crippen LogP contribution >= 0.6 is 0 Å². The summed E-state index contributed by atoms with van der Waals surface area (Å²) in [4.78, 5) is 12.8. The Balaban J connectivity index is 1.92. The number of carbonyl (C=O) groups excluding carboxylic acids is 1. The molecule has 3 heteroatoms. The Labute approximate surface area is 118 Å². The lowest BCUT2D eigenvalue weighted by atomic mass is 10.1. The number of rotatable bonds is 6. The van der Waals surface area contributed by atoms with Gasteiger partial charge in [0.1, 0.15) is 6.61 Å². The third kappa shape index (κ3) is 4.67. The van der Waals surface area contributed by atoms with Crippen molar-refractivity contribution >= 4 is 5.97 Å². The minimum atomic E-state index is -1.36. The first-order chi connectivity index (χ1) is 9.99. The zero-order valence-corrected chi connectivity index (χ0v) is 11.5. The first kappa shape index (κ1) is 11.5. The van der Waals surface area contributed by atoms with E-state index < -0.39 is 6.50 Å². The van der Waals surface area contributed by atoms with Crippen molar-refractivity contribution in [1.82, 2.24) is 4.90 Å². The molecule has 0 N–H and O–H groups in total. The van der Waals surface area contributed by atoms with Crippen LogP contribution in [0, 0.1) is 0 Å². The minimum absolute atomic E-state index is 0.000302. The van der Waals surface area contributed by atoms with Gasteiger partial charge in [0, 0.05) is 15.7 Å². The fourth-order valence-electron chi connectivity index (χ4n) is 2.42. The van der Waals surface area contributed by atoms with Crippen molar-refractivity contribution in [2.24, 2.45) is 0 Å². The van der Waals surface area contributed by atoms with E-state index in [0.29, 0.717) is 19.4 Å². The van der Waals surface area contributed by atoms with Gasteiger partial charge < -0.3 is 4.74 Å². The van der Waals surface area contributed by atoms with Crippen molar-refractivity contribution in [3.05, 3.63) is 35.9 Å². The Morgan fingerprint density at radius 1 is 1.47 bits per heavy atom. The fraction of sp³-hybridized carbons (Fsp3) is 0.562. The Morgan fingerprint density at radius 3 is 3.00 bits per heavy atom. The highest BCUT2D eigenvalue weighted by molar-refractivity contribution is 5.65. The first-order valence-electron chi connectivity index (χ1n) is 7.93. The molecule has 0 aromatic heterocycles. The van der Waals surface area contributed by atoms with E-state index in [0.717, 1.165) is 24.9 Å². The van der Waals surface area contributed by atoms with Crippen LogP contribution in [0.2, 0.25) is 0 Å². The summed E-state index contributed by atoms with van der Waals surface area (Å²) < 4.78 is 21.7. The molecule has 1 aromatic carbocycles. The maximum absolute atomic E-state index is 10.9. The minimum Gasteiger partial charge on any atom is -0.464 e. The Morgan fingerprint density at radius 2 is 2.26 bits per heavy atom. The Kier molecular flexibility index (Phi) is 4.40. The van der Waals surface area contributed by atoms with Crippen LogP contribution in [0.4, 0.5) is 0 Å². The van der Waals surface area contributed by atoms with E-state index in [2.05, 4.69) is 0 Å². The van der Waals surface area contributed by atoms with E-state index in [-0.39, 0.29) is 12.0 Å².